The SMILES string of the molecule is COC(=O)C[C@@H](N)c1cncc(F)c1. The number of nitrogens with zero attached hydrogens (tertiary/aromatic N) is 1. The molecule has 0 bridgehead atoms. The maximum atomic E-state index is 12.7. The van der Waals surface area contributed by atoms with E-state index in [-0.39, 0.29) is 6.42 Å². The van der Waals surface area contributed by atoms with Gasteiger partial charge in [0, 0.05) is 12.2 Å². The Labute approximate surface area is 80.9 Å². The lowest BCUT2D eigenvalue weighted by molar-refractivity contribution is -0.141. The van der Waals surface area contributed by atoms with Gasteiger partial charge in [-0.25, -0.2) is 4.39 Å². The van der Waals surface area contributed by atoms with E-state index in [1.54, 1.807) is 0 Å². The van der Waals surface area contributed by atoms with Crippen molar-refractivity contribution in [1.82, 2.24) is 4.98 Å². The molecule has 2 N–H and O–H groups in total. The maximum Gasteiger partial charge on any atom is 0.307 e. The molecular weight excluding hydrogens is 187 g/mol. The number of carbonyl (C=O) groups excluding carboxylic acids is 1. The average molecular weight is 198 g/mol. The van der Waals surface area contributed by atoms with Gasteiger partial charge in [-0.3, -0.25) is 9.78 Å². The standard InChI is InChI=1S/C9H11FN2O2/c1-14-9(13)3-8(11)6-2-7(10)5-12-4-6/h2,4-5,8H,3,11H2,1H3/t8-/m1/s1. The Morgan fingerprint density at radius 2 is 2.43 bits per heavy atom. The van der Waals surface area contributed by atoms with Gasteiger partial charge in [0.25, 0.3) is 0 Å². The van der Waals surface area contributed by atoms with Crippen molar-refractivity contribution in [2.75, 3.05) is 7.11 Å². The van der Waals surface area contributed by atoms with Gasteiger partial charge < -0.3 is 10.5 Å². The third-order valence-electron chi connectivity index (χ3n) is 1.77. The molecule has 5 heteroatoms. The van der Waals surface area contributed by atoms with Crippen molar-refractivity contribution in [3.05, 3.63) is 29.8 Å². The summed E-state index contributed by atoms with van der Waals surface area (Å²) in [5, 5.41) is 0. The summed E-state index contributed by atoms with van der Waals surface area (Å²) in [5.41, 5.74) is 6.11. The van der Waals surface area contributed by atoms with Gasteiger partial charge in [0.15, 0.2) is 0 Å². The van der Waals surface area contributed by atoms with Crippen LogP contribution in [0.25, 0.3) is 0 Å². The highest BCUT2D eigenvalue weighted by molar-refractivity contribution is 5.70. The molecule has 0 amide bonds. The van der Waals surface area contributed by atoms with E-state index in [1.807, 2.05) is 0 Å². The number of hydrogen-bond donors (Lipinski definition) is 1. The van der Waals surface area contributed by atoms with Crippen LogP contribution in [-0.2, 0) is 9.53 Å². The first-order valence-electron chi connectivity index (χ1n) is 4.06. The highest BCUT2D eigenvalue weighted by atomic mass is 19.1. The number of halogens is 1. The second-order valence-corrected chi connectivity index (χ2v) is 2.82. The Morgan fingerprint density at radius 3 is 3.00 bits per heavy atom. The van der Waals surface area contributed by atoms with E-state index in [2.05, 4.69) is 9.72 Å². The fourth-order valence-electron chi connectivity index (χ4n) is 1.01. The predicted octanol–water partition coefficient (Wildman–Crippen LogP) is 0.784. The van der Waals surface area contributed by atoms with Crippen LogP contribution in [0.3, 0.4) is 0 Å². The molecule has 14 heavy (non-hydrogen) atoms. The van der Waals surface area contributed by atoms with Gasteiger partial charge in [-0.2, -0.15) is 0 Å². The molecule has 0 spiro atoms. The molecule has 0 saturated carbocycles. The van der Waals surface area contributed by atoms with Crippen LogP contribution in [0.15, 0.2) is 18.5 Å². The van der Waals surface area contributed by atoms with Gasteiger partial charge in [-0.15, -0.1) is 0 Å². The molecule has 0 aliphatic rings. The fraction of sp³-hybridized carbons (Fsp3) is 0.333. The van der Waals surface area contributed by atoms with Crippen molar-refractivity contribution in [1.29, 1.82) is 0 Å². The van der Waals surface area contributed by atoms with Crippen molar-refractivity contribution in [2.45, 2.75) is 12.5 Å². The van der Waals surface area contributed by atoms with E-state index in [4.69, 9.17) is 5.73 Å². The molecule has 1 aromatic rings. The van der Waals surface area contributed by atoms with E-state index in [1.165, 1.54) is 19.4 Å². The van der Waals surface area contributed by atoms with Crippen LogP contribution in [0.5, 0.6) is 0 Å². The molecule has 76 valence electrons. The lowest BCUT2D eigenvalue weighted by Crippen LogP contribution is -2.16. The Kier molecular flexibility index (Phi) is 3.53. The van der Waals surface area contributed by atoms with Crippen LogP contribution in [0.1, 0.15) is 18.0 Å². The summed E-state index contributed by atoms with van der Waals surface area (Å²) in [5.74, 6) is -0.899. The molecule has 1 aromatic heterocycles. The number of aromatic nitrogens is 1. The summed E-state index contributed by atoms with van der Waals surface area (Å²) < 4.78 is 17.2. The van der Waals surface area contributed by atoms with Gasteiger partial charge in [0.2, 0.25) is 0 Å². The van der Waals surface area contributed by atoms with Crippen LogP contribution < -0.4 is 5.73 Å². The maximum absolute atomic E-state index is 12.7. The van der Waals surface area contributed by atoms with Gasteiger partial charge in [0.1, 0.15) is 5.82 Å². The minimum atomic E-state index is -0.578. The first-order chi connectivity index (χ1) is 6.63. The normalized spacial score (nSPS) is 12.2. The number of esters is 1. The van der Waals surface area contributed by atoms with E-state index in [9.17, 15) is 9.18 Å². The molecule has 0 unspecified atom stereocenters. The number of pyridine rings is 1. The summed E-state index contributed by atoms with van der Waals surface area (Å²) in [7, 11) is 1.28. The van der Waals surface area contributed by atoms with Gasteiger partial charge in [-0.05, 0) is 11.6 Å². The van der Waals surface area contributed by atoms with E-state index in [0.29, 0.717) is 5.56 Å². The van der Waals surface area contributed by atoms with E-state index in [0.717, 1.165) is 6.20 Å². The Hall–Kier alpha value is -1.49. The molecule has 1 heterocycles. The first-order valence-corrected chi connectivity index (χ1v) is 4.06. The molecule has 0 fully saturated rings. The zero-order chi connectivity index (χ0) is 10.6. The summed E-state index contributed by atoms with van der Waals surface area (Å²) in [6, 6.07) is 0.672. The van der Waals surface area contributed by atoms with Gasteiger partial charge in [-0.1, -0.05) is 0 Å². The summed E-state index contributed by atoms with van der Waals surface area (Å²) in [4.78, 5) is 14.5. The number of carbonyl (C=O) groups is 1. The molecule has 0 aliphatic carbocycles. The fourth-order valence-corrected chi connectivity index (χ4v) is 1.01. The lowest BCUT2D eigenvalue weighted by Gasteiger charge is -2.09. The predicted molar refractivity (Wildman–Crippen MR) is 47.8 cm³/mol. The van der Waals surface area contributed by atoms with Crippen LogP contribution in [-0.4, -0.2) is 18.1 Å². The Balaban J connectivity index is 2.69. The smallest absolute Gasteiger partial charge is 0.307 e. The lowest BCUT2D eigenvalue weighted by atomic mass is 10.1. The van der Waals surface area contributed by atoms with Gasteiger partial charge >= 0.3 is 5.97 Å². The van der Waals surface area contributed by atoms with Gasteiger partial charge in [0.05, 0.1) is 19.7 Å². The Morgan fingerprint density at radius 1 is 1.71 bits per heavy atom. The second kappa shape index (κ2) is 4.66. The van der Waals surface area contributed by atoms with E-state index >= 15 is 0 Å². The van der Waals surface area contributed by atoms with Crippen molar-refractivity contribution < 1.29 is 13.9 Å². The van der Waals surface area contributed by atoms with Crippen LogP contribution in [0, 0.1) is 5.82 Å². The second-order valence-electron chi connectivity index (χ2n) is 2.82. The zero-order valence-electron chi connectivity index (χ0n) is 7.74. The topological polar surface area (TPSA) is 65.2 Å². The van der Waals surface area contributed by atoms with E-state index < -0.39 is 17.8 Å². The monoisotopic (exact) mass is 198 g/mol. The largest absolute Gasteiger partial charge is 0.469 e. The minimum Gasteiger partial charge on any atom is -0.469 e. The number of rotatable bonds is 3. The number of ether oxygens (including phenoxy) is 1. The van der Waals surface area contributed by atoms with Crippen LogP contribution in [0.4, 0.5) is 4.39 Å². The molecule has 0 aromatic carbocycles. The molecule has 4 nitrogen and oxygen atoms in total. The van der Waals surface area contributed by atoms with Crippen molar-refractivity contribution in [3.63, 3.8) is 0 Å². The van der Waals surface area contributed by atoms with Crippen LogP contribution in [0.2, 0.25) is 0 Å². The molecule has 0 radical (unpaired) electrons. The summed E-state index contributed by atoms with van der Waals surface area (Å²) in [6.45, 7) is 0. The number of nitrogens with two attached hydrogens (primary N) is 1. The minimum absolute atomic E-state index is 0.0155. The molecule has 0 saturated heterocycles. The highest BCUT2D eigenvalue weighted by Crippen LogP contribution is 2.13. The third kappa shape index (κ3) is 2.77. The number of methoxy groups -OCH3 is 1. The summed E-state index contributed by atoms with van der Waals surface area (Å²) in [6.07, 6.45) is 2.52. The molecule has 1 rings (SSSR count). The average Bonchev–Trinajstić information content (AvgIpc) is 2.17. The number of hydrogen-bond acceptors (Lipinski definition) is 4. The third-order valence-corrected chi connectivity index (χ3v) is 1.77. The van der Waals surface area contributed by atoms with Crippen molar-refractivity contribution in [3.8, 4) is 0 Å². The highest BCUT2D eigenvalue weighted by Gasteiger charge is 2.12. The molecular formula is C9H11FN2O2. The van der Waals surface area contributed by atoms with Crippen LogP contribution >= 0.6 is 0 Å². The van der Waals surface area contributed by atoms with Crippen molar-refractivity contribution in [2.24, 2.45) is 5.73 Å². The molecule has 0 aliphatic heterocycles. The van der Waals surface area contributed by atoms with Crippen molar-refractivity contribution >= 4 is 5.97 Å². The first kappa shape index (κ1) is 10.6. The molecule has 1 atom stereocenters. The zero-order valence-corrected chi connectivity index (χ0v) is 7.74. The quantitative estimate of drug-likeness (QED) is 0.729. The summed E-state index contributed by atoms with van der Waals surface area (Å²) >= 11 is 0. The Bertz CT molecular complexity index is 330.